The van der Waals surface area contributed by atoms with E-state index in [-0.39, 0.29) is 24.6 Å². The second-order valence-electron chi connectivity index (χ2n) is 5.48. The molecule has 0 aliphatic heterocycles. The smallest absolute Gasteiger partial charge is 0.319 e. The topological polar surface area (TPSA) is 74.2 Å². The summed E-state index contributed by atoms with van der Waals surface area (Å²) in [5.74, 6) is 0.168. The van der Waals surface area contributed by atoms with Crippen molar-refractivity contribution in [3.05, 3.63) is 24.0 Å². The van der Waals surface area contributed by atoms with Crippen molar-refractivity contribution in [2.24, 2.45) is 5.92 Å². The molecule has 5 heteroatoms. The van der Waals surface area contributed by atoms with E-state index in [1.807, 2.05) is 6.92 Å². The molecular weight excluding hydrogens is 254 g/mol. The second kappa shape index (κ2) is 7.24. The fourth-order valence-corrected chi connectivity index (χ4v) is 2.73. The largest absolute Gasteiger partial charge is 0.396 e. The van der Waals surface area contributed by atoms with Crippen LogP contribution in [0, 0.1) is 12.8 Å². The van der Waals surface area contributed by atoms with Crippen LogP contribution in [0.15, 0.2) is 18.5 Å². The minimum Gasteiger partial charge on any atom is -0.396 e. The number of pyridine rings is 1. The van der Waals surface area contributed by atoms with E-state index >= 15 is 0 Å². The lowest BCUT2D eigenvalue weighted by Gasteiger charge is -2.24. The highest BCUT2D eigenvalue weighted by atomic mass is 16.3. The van der Waals surface area contributed by atoms with E-state index in [0.29, 0.717) is 0 Å². The second-order valence-corrected chi connectivity index (χ2v) is 5.48. The lowest BCUT2D eigenvalue weighted by atomic mass is 9.96. The van der Waals surface area contributed by atoms with Gasteiger partial charge in [-0.3, -0.25) is 4.98 Å². The Hall–Kier alpha value is -1.62. The molecule has 2 unspecified atom stereocenters. The number of aryl methyl sites for hydroxylation is 1. The van der Waals surface area contributed by atoms with Crippen LogP contribution >= 0.6 is 0 Å². The van der Waals surface area contributed by atoms with Gasteiger partial charge < -0.3 is 15.7 Å². The molecule has 1 aromatic heterocycles. The zero-order valence-electron chi connectivity index (χ0n) is 11.9. The fourth-order valence-electron chi connectivity index (χ4n) is 2.73. The van der Waals surface area contributed by atoms with Crippen molar-refractivity contribution in [3.63, 3.8) is 0 Å². The molecule has 0 radical (unpaired) electrons. The Bertz CT molecular complexity index is 450. The van der Waals surface area contributed by atoms with E-state index in [4.69, 9.17) is 0 Å². The Morgan fingerprint density at radius 2 is 2.20 bits per heavy atom. The van der Waals surface area contributed by atoms with Crippen molar-refractivity contribution in [1.29, 1.82) is 0 Å². The summed E-state index contributed by atoms with van der Waals surface area (Å²) in [5, 5.41) is 15.3. The molecule has 1 aliphatic carbocycles. The molecule has 3 N–H and O–H groups in total. The fraction of sp³-hybridized carbons (Fsp3) is 0.600. The van der Waals surface area contributed by atoms with Crippen molar-refractivity contribution >= 4 is 11.7 Å². The van der Waals surface area contributed by atoms with Crippen LogP contribution in [0.5, 0.6) is 0 Å². The number of carbonyl (C=O) groups excluding carboxylic acids is 1. The Labute approximate surface area is 119 Å². The lowest BCUT2D eigenvalue weighted by Crippen LogP contribution is -2.43. The molecule has 1 heterocycles. The van der Waals surface area contributed by atoms with Gasteiger partial charge in [0.1, 0.15) is 0 Å². The maximum absolute atomic E-state index is 12.1. The van der Waals surface area contributed by atoms with E-state index in [2.05, 4.69) is 15.6 Å². The monoisotopic (exact) mass is 277 g/mol. The Balaban J connectivity index is 1.94. The number of amides is 2. The van der Waals surface area contributed by atoms with Crippen LogP contribution in [0.25, 0.3) is 0 Å². The summed E-state index contributed by atoms with van der Waals surface area (Å²) in [4.78, 5) is 16.1. The van der Waals surface area contributed by atoms with Crippen LogP contribution in [0.1, 0.15) is 37.7 Å². The van der Waals surface area contributed by atoms with Crippen LogP contribution in [0.2, 0.25) is 0 Å². The molecule has 0 aromatic carbocycles. The standard InChI is InChI=1S/C15H23N3O2/c1-11-9-16-8-7-13(11)17-15(20)18-14-6-4-2-3-5-12(14)10-19/h7-9,12,14,19H,2-6,10H2,1H3,(H2,16,17,18,20). The molecule has 0 saturated heterocycles. The number of hydrogen-bond donors (Lipinski definition) is 3. The molecule has 0 bridgehead atoms. The van der Waals surface area contributed by atoms with E-state index in [1.165, 1.54) is 6.42 Å². The highest BCUT2D eigenvalue weighted by Gasteiger charge is 2.24. The van der Waals surface area contributed by atoms with Gasteiger partial charge >= 0.3 is 6.03 Å². The maximum atomic E-state index is 12.1. The van der Waals surface area contributed by atoms with Gasteiger partial charge in [-0.25, -0.2) is 4.79 Å². The van der Waals surface area contributed by atoms with Gasteiger partial charge in [0.15, 0.2) is 0 Å². The van der Waals surface area contributed by atoms with Crippen LogP contribution < -0.4 is 10.6 Å². The zero-order chi connectivity index (χ0) is 14.4. The summed E-state index contributed by atoms with van der Waals surface area (Å²) in [5.41, 5.74) is 1.70. The molecule has 1 saturated carbocycles. The van der Waals surface area contributed by atoms with Crippen LogP contribution in [-0.2, 0) is 0 Å². The molecule has 20 heavy (non-hydrogen) atoms. The quantitative estimate of drug-likeness (QED) is 0.743. The first-order valence-electron chi connectivity index (χ1n) is 7.29. The van der Waals surface area contributed by atoms with E-state index in [1.54, 1.807) is 18.5 Å². The van der Waals surface area contributed by atoms with Gasteiger partial charge in [-0.15, -0.1) is 0 Å². The first kappa shape index (κ1) is 14.8. The molecule has 5 nitrogen and oxygen atoms in total. The average Bonchev–Trinajstić information content (AvgIpc) is 2.66. The molecule has 1 fully saturated rings. The van der Waals surface area contributed by atoms with Crippen molar-refractivity contribution in [2.75, 3.05) is 11.9 Å². The van der Waals surface area contributed by atoms with Gasteiger partial charge in [0.2, 0.25) is 0 Å². The maximum Gasteiger partial charge on any atom is 0.319 e. The van der Waals surface area contributed by atoms with E-state index in [0.717, 1.165) is 36.9 Å². The number of carbonyl (C=O) groups is 1. The Morgan fingerprint density at radius 3 is 2.95 bits per heavy atom. The number of anilines is 1. The third-order valence-electron chi connectivity index (χ3n) is 3.98. The number of rotatable bonds is 3. The SMILES string of the molecule is Cc1cnccc1NC(=O)NC1CCCCCC1CO. The number of nitrogens with zero attached hydrogens (tertiary/aromatic N) is 1. The Kier molecular flexibility index (Phi) is 5.35. The predicted molar refractivity (Wildman–Crippen MR) is 78.6 cm³/mol. The van der Waals surface area contributed by atoms with Gasteiger partial charge in [-0.05, 0) is 31.4 Å². The molecule has 0 spiro atoms. The lowest BCUT2D eigenvalue weighted by molar-refractivity contribution is 0.182. The highest BCUT2D eigenvalue weighted by Crippen LogP contribution is 2.23. The van der Waals surface area contributed by atoms with Crippen molar-refractivity contribution in [1.82, 2.24) is 10.3 Å². The molecule has 2 rings (SSSR count). The third-order valence-corrected chi connectivity index (χ3v) is 3.98. The third kappa shape index (κ3) is 3.93. The van der Waals surface area contributed by atoms with Gasteiger partial charge in [0.05, 0.1) is 0 Å². The number of hydrogen-bond acceptors (Lipinski definition) is 3. The molecule has 110 valence electrons. The van der Waals surface area contributed by atoms with Crippen LogP contribution in [-0.4, -0.2) is 28.8 Å². The zero-order valence-corrected chi connectivity index (χ0v) is 11.9. The summed E-state index contributed by atoms with van der Waals surface area (Å²) in [7, 11) is 0. The molecule has 1 aliphatic rings. The van der Waals surface area contributed by atoms with Crippen molar-refractivity contribution in [3.8, 4) is 0 Å². The van der Waals surface area contributed by atoms with Gasteiger partial charge in [-0.2, -0.15) is 0 Å². The van der Waals surface area contributed by atoms with Gasteiger partial charge in [-0.1, -0.05) is 19.3 Å². The summed E-state index contributed by atoms with van der Waals surface area (Å²) in [6, 6.07) is 1.64. The first-order valence-corrected chi connectivity index (χ1v) is 7.29. The van der Waals surface area contributed by atoms with Crippen LogP contribution in [0.3, 0.4) is 0 Å². The number of urea groups is 1. The number of aromatic nitrogens is 1. The normalized spacial score (nSPS) is 22.9. The summed E-state index contributed by atoms with van der Waals surface area (Å²) >= 11 is 0. The van der Waals surface area contributed by atoms with Crippen LogP contribution in [0.4, 0.5) is 10.5 Å². The van der Waals surface area contributed by atoms with Crippen molar-refractivity contribution in [2.45, 2.75) is 45.1 Å². The van der Waals surface area contributed by atoms with E-state index < -0.39 is 0 Å². The molecular formula is C15H23N3O2. The summed E-state index contributed by atoms with van der Waals surface area (Å²) < 4.78 is 0. The Morgan fingerprint density at radius 1 is 1.40 bits per heavy atom. The number of aliphatic hydroxyl groups excluding tert-OH is 1. The summed E-state index contributed by atoms with van der Waals surface area (Å²) in [6.45, 7) is 2.05. The first-order chi connectivity index (χ1) is 9.70. The van der Waals surface area contributed by atoms with E-state index in [9.17, 15) is 9.90 Å². The molecule has 2 amide bonds. The van der Waals surface area contributed by atoms with Gasteiger partial charge in [0.25, 0.3) is 0 Å². The predicted octanol–water partition coefficient (Wildman–Crippen LogP) is 2.45. The highest BCUT2D eigenvalue weighted by molar-refractivity contribution is 5.90. The number of nitrogens with one attached hydrogen (secondary N) is 2. The minimum atomic E-state index is -0.204. The average molecular weight is 277 g/mol. The minimum absolute atomic E-state index is 0.0599. The summed E-state index contributed by atoms with van der Waals surface area (Å²) in [6.07, 6.45) is 8.72. The van der Waals surface area contributed by atoms with Gasteiger partial charge in [0, 0.05) is 36.6 Å². The molecule has 2 atom stereocenters. The molecule has 1 aromatic rings. The van der Waals surface area contributed by atoms with Crippen molar-refractivity contribution < 1.29 is 9.90 Å². The number of aliphatic hydroxyl groups is 1.